The van der Waals surface area contributed by atoms with Crippen molar-refractivity contribution in [1.29, 1.82) is 0 Å². The van der Waals surface area contributed by atoms with Gasteiger partial charge in [0, 0.05) is 36.1 Å². The maximum absolute atomic E-state index is 12.8. The third kappa shape index (κ3) is 4.51. The van der Waals surface area contributed by atoms with Crippen LogP contribution in [0.1, 0.15) is 36.5 Å². The Kier molecular flexibility index (Phi) is 6.17. The van der Waals surface area contributed by atoms with Gasteiger partial charge >= 0.3 is 0 Å². The lowest BCUT2D eigenvalue weighted by atomic mass is 10.0. The van der Waals surface area contributed by atoms with Crippen LogP contribution in [0.15, 0.2) is 48.5 Å². The molecule has 3 rings (SSSR count). The highest BCUT2D eigenvalue weighted by Crippen LogP contribution is 2.30. The van der Waals surface area contributed by atoms with Gasteiger partial charge in [0.05, 0.1) is 0 Å². The maximum Gasteiger partial charge on any atom is 0.253 e. The standard InChI is InChI=1S/C22H25ClN2O2/c1-3-24-21(26)18-10-13-20(14-18)25(2)22(27)17-6-4-15(5-7-17)16-8-11-19(23)12-9-16/h4-9,11-12,18,20H,3,10,13-14H2,1-2H3,(H,24,26). The fourth-order valence-corrected chi connectivity index (χ4v) is 3.81. The van der Waals surface area contributed by atoms with Gasteiger partial charge < -0.3 is 10.2 Å². The molecule has 0 aromatic heterocycles. The largest absolute Gasteiger partial charge is 0.356 e. The van der Waals surface area contributed by atoms with Gasteiger partial charge in [-0.2, -0.15) is 0 Å². The lowest BCUT2D eigenvalue weighted by molar-refractivity contribution is -0.124. The third-order valence-corrected chi connectivity index (χ3v) is 5.56. The molecule has 0 bridgehead atoms. The van der Waals surface area contributed by atoms with Gasteiger partial charge in [-0.15, -0.1) is 0 Å². The van der Waals surface area contributed by atoms with Crippen LogP contribution in [0.4, 0.5) is 0 Å². The van der Waals surface area contributed by atoms with Crippen molar-refractivity contribution in [2.24, 2.45) is 5.92 Å². The summed E-state index contributed by atoms with van der Waals surface area (Å²) < 4.78 is 0. The molecule has 142 valence electrons. The number of nitrogens with zero attached hydrogens (tertiary/aromatic N) is 1. The minimum absolute atomic E-state index is 0.000735. The van der Waals surface area contributed by atoms with Crippen LogP contribution >= 0.6 is 11.6 Å². The van der Waals surface area contributed by atoms with Crippen LogP contribution in [-0.2, 0) is 4.79 Å². The zero-order valence-corrected chi connectivity index (χ0v) is 16.5. The molecule has 2 aromatic carbocycles. The predicted octanol–water partition coefficient (Wildman–Crippen LogP) is 4.38. The highest BCUT2D eigenvalue weighted by atomic mass is 35.5. The number of carbonyl (C=O) groups is 2. The number of nitrogens with one attached hydrogen (secondary N) is 1. The van der Waals surface area contributed by atoms with Crippen LogP contribution in [0.25, 0.3) is 11.1 Å². The van der Waals surface area contributed by atoms with E-state index < -0.39 is 0 Å². The molecule has 1 fully saturated rings. The molecule has 0 aliphatic heterocycles. The molecule has 2 amide bonds. The van der Waals surface area contributed by atoms with Gasteiger partial charge in [-0.05, 0) is 61.6 Å². The van der Waals surface area contributed by atoms with Crippen LogP contribution in [0.3, 0.4) is 0 Å². The minimum atomic E-state index is -0.000735. The topological polar surface area (TPSA) is 49.4 Å². The van der Waals surface area contributed by atoms with E-state index in [0.717, 1.165) is 30.4 Å². The lowest BCUT2D eigenvalue weighted by Gasteiger charge is -2.25. The van der Waals surface area contributed by atoms with Crippen LogP contribution < -0.4 is 5.32 Å². The molecule has 0 radical (unpaired) electrons. The van der Waals surface area contributed by atoms with Gasteiger partial charge in [0.2, 0.25) is 5.91 Å². The van der Waals surface area contributed by atoms with Crippen molar-refractivity contribution in [3.8, 4) is 11.1 Å². The molecule has 2 unspecified atom stereocenters. The molecule has 27 heavy (non-hydrogen) atoms. The number of amides is 2. The SMILES string of the molecule is CCNC(=O)C1CCC(N(C)C(=O)c2ccc(-c3ccc(Cl)cc3)cc2)C1. The van der Waals surface area contributed by atoms with Crippen molar-refractivity contribution >= 4 is 23.4 Å². The summed E-state index contributed by atoms with van der Waals surface area (Å²) in [6.45, 7) is 2.57. The van der Waals surface area contributed by atoms with Gasteiger partial charge in [0.25, 0.3) is 5.91 Å². The molecule has 0 saturated heterocycles. The maximum atomic E-state index is 12.8. The summed E-state index contributed by atoms with van der Waals surface area (Å²) in [4.78, 5) is 26.6. The van der Waals surface area contributed by atoms with Crippen molar-refractivity contribution in [2.75, 3.05) is 13.6 Å². The minimum Gasteiger partial charge on any atom is -0.356 e. The first-order valence-electron chi connectivity index (χ1n) is 9.40. The lowest BCUT2D eigenvalue weighted by Crippen LogP contribution is -2.36. The van der Waals surface area contributed by atoms with Crippen molar-refractivity contribution in [2.45, 2.75) is 32.2 Å². The highest BCUT2D eigenvalue weighted by molar-refractivity contribution is 6.30. The molecule has 1 aliphatic rings. The molecule has 0 spiro atoms. The molecule has 5 heteroatoms. The average Bonchev–Trinajstić information content (AvgIpc) is 3.18. The fourth-order valence-electron chi connectivity index (χ4n) is 3.68. The van der Waals surface area contributed by atoms with Crippen LogP contribution in [0.5, 0.6) is 0 Å². The van der Waals surface area contributed by atoms with E-state index in [1.165, 1.54) is 0 Å². The van der Waals surface area contributed by atoms with Crippen molar-refractivity contribution in [3.63, 3.8) is 0 Å². The summed E-state index contributed by atoms with van der Waals surface area (Å²) in [6, 6.07) is 15.4. The number of hydrogen-bond donors (Lipinski definition) is 1. The Morgan fingerprint density at radius 3 is 2.22 bits per heavy atom. The quantitative estimate of drug-likeness (QED) is 0.831. The van der Waals surface area contributed by atoms with E-state index in [1.807, 2.05) is 62.5 Å². The molecule has 2 atom stereocenters. The second-order valence-corrected chi connectivity index (χ2v) is 7.50. The van der Waals surface area contributed by atoms with Gasteiger partial charge in [0.15, 0.2) is 0 Å². The summed E-state index contributed by atoms with van der Waals surface area (Å²) in [5.74, 6) is 0.116. The Morgan fingerprint density at radius 1 is 1.04 bits per heavy atom. The molecular formula is C22H25ClN2O2. The fraction of sp³-hybridized carbons (Fsp3) is 0.364. The molecule has 1 aliphatic carbocycles. The van der Waals surface area contributed by atoms with E-state index in [2.05, 4.69) is 5.32 Å². The van der Waals surface area contributed by atoms with E-state index >= 15 is 0 Å². The monoisotopic (exact) mass is 384 g/mol. The van der Waals surface area contributed by atoms with Gasteiger partial charge in [0.1, 0.15) is 0 Å². The molecule has 1 saturated carbocycles. The summed E-state index contributed by atoms with van der Waals surface area (Å²) in [5, 5.41) is 3.59. The number of hydrogen-bond acceptors (Lipinski definition) is 2. The summed E-state index contributed by atoms with van der Waals surface area (Å²) in [6.07, 6.45) is 2.44. The van der Waals surface area contributed by atoms with Gasteiger partial charge in [-0.25, -0.2) is 0 Å². The number of halogens is 1. The summed E-state index contributed by atoms with van der Waals surface area (Å²) in [7, 11) is 1.83. The zero-order chi connectivity index (χ0) is 19.4. The van der Waals surface area contributed by atoms with Crippen LogP contribution in [-0.4, -0.2) is 36.3 Å². The normalized spacial score (nSPS) is 18.9. The molecule has 1 N–H and O–H groups in total. The van der Waals surface area contributed by atoms with Gasteiger partial charge in [-0.3, -0.25) is 9.59 Å². The second kappa shape index (κ2) is 8.57. The highest BCUT2D eigenvalue weighted by Gasteiger charge is 2.33. The molecular weight excluding hydrogens is 360 g/mol. The molecule has 0 heterocycles. The van der Waals surface area contributed by atoms with Crippen molar-refractivity contribution in [3.05, 3.63) is 59.1 Å². The van der Waals surface area contributed by atoms with Crippen molar-refractivity contribution in [1.82, 2.24) is 10.2 Å². The van der Waals surface area contributed by atoms with Gasteiger partial charge in [-0.1, -0.05) is 35.9 Å². The van der Waals surface area contributed by atoms with E-state index in [9.17, 15) is 9.59 Å². The Labute approximate surface area is 165 Å². The zero-order valence-electron chi connectivity index (χ0n) is 15.7. The van der Waals surface area contributed by atoms with E-state index in [1.54, 1.807) is 4.90 Å². The van der Waals surface area contributed by atoms with Crippen molar-refractivity contribution < 1.29 is 9.59 Å². The predicted molar refractivity (Wildman–Crippen MR) is 109 cm³/mol. The smallest absolute Gasteiger partial charge is 0.253 e. The summed E-state index contributed by atoms with van der Waals surface area (Å²) in [5.41, 5.74) is 2.77. The molecule has 4 nitrogen and oxygen atoms in total. The Hall–Kier alpha value is -2.33. The first kappa shape index (κ1) is 19.4. The van der Waals surface area contributed by atoms with E-state index in [4.69, 9.17) is 11.6 Å². The first-order chi connectivity index (χ1) is 13.0. The molecule has 2 aromatic rings. The van der Waals surface area contributed by atoms with Crippen LogP contribution in [0, 0.1) is 5.92 Å². The Morgan fingerprint density at radius 2 is 1.63 bits per heavy atom. The number of benzene rings is 2. The van der Waals surface area contributed by atoms with E-state index in [0.29, 0.717) is 17.1 Å². The summed E-state index contributed by atoms with van der Waals surface area (Å²) >= 11 is 5.94. The third-order valence-electron chi connectivity index (χ3n) is 5.30. The Balaban J connectivity index is 1.65. The second-order valence-electron chi connectivity index (χ2n) is 7.06. The Bertz CT molecular complexity index is 802. The average molecular weight is 385 g/mol. The number of rotatable bonds is 5. The van der Waals surface area contributed by atoms with Crippen LogP contribution in [0.2, 0.25) is 5.02 Å². The van der Waals surface area contributed by atoms with E-state index in [-0.39, 0.29) is 23.8 Å². The number of carbonyl (C=O) groups excluding carboxylic acids is 2. The first-order valence-corrected chi connectivity index (χ1v) is 9.78.